The molecular weight excluding hydrogens is 317 g/mol. The lowest BCUT2D eigenvalue weighted by Gasteiger charge is -2.25. The Hall–Kier alpha value is -3.08. The molecule has 25 heavy (non-hydrogen) atoms. The largest absolute Gasteiger partial charge is 0.367 e. The summed E-state index contributed by atoms with van der Waals surface area (Å²) in [5.41, 5.74) is 3.79. The number of halogens is 1. The SMILES string of the molecule is O=C1Nc2cc(F)ccc2C1=CNc1ccc(N2CC=CCC2)cc1. The molecule has 5 heteroatoms. The Balaban J connectivity index is 1.50. The van der Waals surface area contributed by atoms with Crippen LogP contribution in [0.25, 0.3) is 5.57 Å². The fourth-order valence-corrected chi connectivity index (χ4v) is 3.11. The molecule has 2 aromatic carbocycles. The molecule has 0 fully saturated rings. The number of carbonyl (C=O) groups is 1. The molecule has 0 spiro atoms. The minimum atomic E-state index is -0.364. The number of anilines is 3. The molecule has 0 bridgehead atoms. The molecule has 2 aromatic rings. The van der Waals surface area contributed by atoms with E-state index in [-0.39, 0.29) is 11.7 Å². The van der Waals surface area contributed by atoms with E-state index in [0.29, 0.717) is 16.8 Å². The summed E-state index contributed by atoms with van der Waals surface area (Å²) >= 11 is 0. The van der Waals surface area contributed by atoms with Crippen LogP contribution in [-0.2, 0) is 4.79 Å². The van der Waals surface area contributed by atoms with E-state index in [1.165, 1.54) is 17.8 Å². The highest BCUT2D eigenvalue weighted by atomic mass is 19.1. The third kappa shape index (κ3) is 3.13. The zero-order chi connectivity index (χ0) is 17.2. The average molecular weight is 335 g/mol. The number of carbonyl (C=O) groups excluding carboxylic acids is 1. The minimum Gasteiger partial charge on any atom is -0.367 e. The Morgan fingerprint density at radius 3 is 2.72 bits per heavy atom. The van der Waals surface area contributed by atoms with Crippen molar-refractivity contribution in [3.8, 4) is 0 Å². The van der Waals surface area contributed by atoms with Crippen molar-refractivity contribution in [1.29, 1.82) is 0 Å². The molecule has 0 saturated heterocycles. The van der Waals surface area contributed by atoms with Gasteiger partial charge in [-0.05, 0) is 48.9 Å². The molecule has 2 N–H and O–H groups in total. The Morgan fingerprint density at radius 1 is 1.12 bits per heavy atom. The third-order valence-corrected chi connectivity index (χ3v) is 4.44. The maximum atomic E-state index is 13.3. The Kier molecular flexibility index (Phi) is 3.98. The van der Waals surface area contributed by atoms with Gasteiger partial charge in [-0.15, -0.1) is 0 Å². The van der Waals surface area contributed by atoms with Gasteiger partial charge in [-0.1, -0.05) is 12.2 Å². The van der Waals surface area contributed by atoms with E-state index in [1.807, 2.05) is 12.1 Å². The van der Waals surface area contributed by atoms with Crippen molar-refractivity contribution in [3.05, 3.63) is 72.2 Å². The lowest BCUT2D eigenvalue weighted by atomic mass is 10.1. The van der Waals surface area contributed by atoms with E-state index in [9.17, 15) is 9.18 Å². The second-order valence-corrected chi connectivity index (χ2v) is 6.10. The second kappa shape index (κ2) is 6.43. The molecule has 0 aliphatic carbocycles. The zero-order valence-corrected chi connectivity index (χ0v) is 13.6. The first-order valence-electron chi connectivity index (χ1n) is 8.29. The van der Waals surface area contributed by atoms with Crippen molar-refractivity contribution >= 4 is 28.5 Å². The molecule has 0 aromatic heterocycles. The Labute approximate surface area is 145 Å². The van der Waals surface area contributed by atoms with Gasteiger partial charge in [0.05, 0.1) is 11.3 Å². The quantitative estimate of drug-likeness (QED) is 0.658. The van der Waals surface area contributed by atoms with Crippen molar-refractivity contribution < 1.29 is 9.18 Å². The molecule has 4 rings (SSSR count). The lowest BCUT2D eigenvalue weighted by molar-refractivity contribution is -0.110. The predicted molar refractivity (Wildman–Crippen MR) is 99.0 cm³/mol. The number of nitrogens with one attached hydrogen (secondary N) is 2. The van der Waals surface area contributed by atoms with Crippen LogP contribution in [0, 0.1) is 5.82 Å². The van der Waals surface area contributed by atoms with Crippen LogP contribution in [-0.4, -0.2) is 19.0 Å². The van der Waals surface area contributed by atoms with Gasteiger partial charge >= 0.3 is 0 Å². The predicted octanol–water partition coefficient (Wildman–Crippen LogP) is 4.00. The zero-order valence-electron chi connectivity index (χ0n) is 13.6. The first kappa shape index (κ1) is 15.4. The summed E-state index contributed by atoms with van der Waals surface area (Å²) < 4.78 is 13.3. The molecule has 0 radical (unpaired) electrons. The molecule has 1 amide bonds. The molecule has 2 aliphatic heterocycles. The first-order chi connectivity index (χ1) is 12.2. The van der Waals surface area contributed by atoms with Crippen molar-refractivity contribution in [2.24, 2.45) is 0 Å². The van der Waals surface area contributed by atoms with E-state index in [2.05, 4.69) is 39.8 Å². The highest BCUT2D eigenvalue weighted by Crippen LogP contribution is 2.32. The summed E-state index contributed by atoms with van der Waals surface area (Å²) in [4.78, 5) is 14.4. The maximum Gasteiger partial charge on any atom is 0.257 e. The van der Waals surface area contributed by atoms with Crippen molar-refractivity contribution in [1.82, 2.24) is 0 Å². The van der Waals surface area contributed by atoms with Gasteiger partial charge in [0.15, 0.2) is 0 Å². The minimum absolute atomic E-state index is 0.232. The summed E-state index contributed by atoms with van der Waals surface area (Å²) in [5, 5.41) is 5.83. The monoisotopic (exact) mass is 335 g/mol. The van der Waals surface area contributed by atoms with Crippen LogP contribution in [0.3, 0.4) is 0 Å². The number of hydrogen-bond acceptors (Lipinski definition) is 3. The van der Waals surface area contributed by atoms with Gasteiger partial charge in [-0.25, -0.2) is 4.39 Å². The summed E-state index contributed by atoms with van der Waals surface area (Å²) in [7, 11) is 0. The van der Waals surface area contributed by atoms with Gasteiger partial charge in [0, 0.05) is 36.2 Å². The van der Waals surface area contributed by atoms with Gasteiger partial charge in [-0.3, -0.25) is 4.79 Å². The normalized spacial score (nSPS) is 17.6. The first-order valence-corrected chi connectivity index (χ1v) is 8.29. The molecular formula is C20H18FN3O. The van der Waals surface area contributed by atoms with Crippen LogP contribution in [0.15, 0.2) is 60.8 Å². The maximum absolute atomic E-state index is 13.3. The molecule has 126 valence electrons. The van der Waals surface area contributed by atoms with E-state index in [1.54, 1.807) is 12.3 Å². The van der Waals surface area contributed by atoms with Crippen LogP contribution in [0.5, 0.6) is 0 Å². The van der Waals surface area contributed by atoms with Crippen LogP contribution in [0.1, 0.15) is 12.0 Å². The van der Waals surface area contributed by atoms with Gasteiger partial charge < -0.3 is 15.5 Å². The van der Waals surface area contributed by atoms with Crippen LogP contribution in [0.2, 0.25) is 0 Å². The van der Waals surface area contributed by atoms with Gasteiger partial charge in [0.1, 0.15) is 5.82 Å². The van der Waals surface area contributed by atoms with Crippen molar-refractivity contribution in [3.63, 3.8) is 0 Å². The van der Waals surface area contributed by atoms with Crippen LogP contribution < -0.4 is 15.5 Å². The number of nitrogens with zero attached hydrogens (tertiary/aromatic N) is 1. The lowest BCUT2D eigenvalue weighted by Crippen LogP contribution is -2.26. The number of fused-ring (bicyclic) bond motifs is 1. The number of amides is 1. The highest BCUT2D eigenvalue weighted by Gasteiger charge is 2.24. The third-order valence-electron chi connectivity index (χ3n) is 4.44. The van der Waals surface area contributed by atoms with Gasteiger partial charge in [0.2, 0.25) is 0 Å². The van der Waals surface area contributed by atoms with Crippen molar-refractivity contribution in [2.45, 2.75) is 6.42 Å². The number of hydrogen-bond donors (Lipinski definition) is 2. The van der Waals surface area contributed by atoms with Crippen LogP contribution in [0.4, 0.5) is 21.5 Å². The fourth-order valence-electron chi connectivity index (χ4n) is 3.11. The average Bonchev–Trinajstić information content (AvgIpc) is 2.95. The summed E-state index contributed by atoms with van der Waals surface area (Å²) in [6, 6.07) is 12.4. The van der Waals surface area contributed by atoms with Crippen molar-refractivity contribution in [2.75, 3.05) is 28.6 Å². The smallest absolute Gasteiger partial charge is 0.257 e. The summed E-state index contributed by atoms with van der Waals surface area (Å²) in [6.45, 7) is 1.96. The second-order valence-electron chi connectivity index (χ2n) is 6.10. The van der Waals surface area contributed by atoms with Gasteiger partial charge in [0.25, 0.3) is 5.91 Å². The Bertz CT molecular complexity index is 871. The summed E-state index contributed by atoms with van der Waals surface area (Å²) in [6.07, 6.45) is 7.12. The summed E-state index contributed by atoms with van der Waals surface area (Å²) in [5.74, 6) is -0.596. The molecule has 0 saturated carbocycles. The van der Waals surface area contributed by atoms with E-state index >= 15 is 0 Å². The Morgan fingerprint density at radius 2 is 1.96 bits per heavy atom. The molecule has 2 aliphatic rings. The highest BCUT2D eigenvalue weighted by molar-refractivity contribution is 6.31. The number of benzene rings is 2. The molecule has 0 atom stereocenters. The van der Waals surface area contributed by atoms with E-state index in [0.717, 1.165) is 25.2 Å². The molecule has 0 unspecified atom stereocenters. The number of rotatable bonds is 3. The topological polar surface area (TPSA) is 44.4 Å². The molecule has 4 nitrogen and oxygen atoms in total. The van der Waals surface area contributed by atoms with Gasteiger partial charge in [-0.2, -0.15) is 0 Å². The van der Waals surface area contributed by atoms with Crippen LogP contribution >= 0.6 is 0 Å². The van der Waals surface area contributed by atoms with E-state index in [4.69, 9.17) is 0 Å². The molecule has 2 heterocycles. The van der Waals surface area contributed by atoms with E-state index < -0.39 is 0 Å². The fraction of sp³-hybridized carbons (Fsp3) is 0.150. The standard InChI is InChI=1S/C20H18FN3O/c21-14-4-9-17-18(20(25)23-19(17)12-14)13-22-15-5-7-16(8-6-15)24-10-2-1-3-11-24/h1-2,4-9,12-13,22H,3,10-11H2,(H,23,25).